The first kappa shape index (κ1) is 14.9. The van der Waals surface area contributed by atoms with Crippen molar-refractivity contribution < 1.29 is 17.9 Å². The molecule has 2 aromatic rings. The number of benzene rings is 2. The van der Waals surface area contributed by atoms with E-state index in [1.54, 1.807) is 30.3 Å². The Balaban J connectivity index is 2.51. The summed E-state index contributed by atoms with van der Waals surface area (Å²) in [6.07, 6.45) is 3.01. The molecule has 0 fully saturated rings. The van der Waals surface area contributed by atoms with Gasteiger partial charge in [-0.2, -0.15) is 8.42 Å². The fourth-order valence-corrected chi connectivity index (χ4v) is 2.43. The molecule has 0 saturated carbocycles. The number of nitro groups is 1. The summed E-state index contributed by atoms with van der Waals surface area (Å²) in [6, 6.07) is 12.2. The quantitative estimate of drug-likeness (QED) is 0.405. The van der Waals surface area contributed by atoms with Crippen molar-refractivity contribution in [3.05, 3.63) is 69.8 Å². The highest BCUT2D eigenvalue weighted by atomic mass is 32.2. The van der Waals surface area contributed by atoms with Crippen molar-refractivity contribution in [2.75, 3.05) is 0 Å². The van der Waals surface area contributed by atoms with Crippen LogP contribution in [0.4, 0.5) is 5.69 Å². The zero-order chi connectivity index (χ0) is 15.5. The molecule has 0 unspecified atom stereocenters. The van der Waals surface area contributed by atoms with E-state index in [-0.39, 0.29) is 16.1 Å². The monoisotopic (exact) mass is 305 g/mol. The van der Waals surface area contributed by atoms with Gasteiger partial charge in [0.25, 0.3) is 15.8 Å². The summed E-state index contributed by atoms with van der Waals surface area (Å²) in [5.74, 6) is 0. The third kappa shape index (κ3) is 3.74. The van der Waals surface area contributed by atoms with Gasteiger partial charge >= 0.3 is 0 Å². The third-order valence-corrected chi connectivity index (χ3v) is 3.66. The number of hydrogen-bond donors (Lipinski definition) is 1. The largest absolute Gasteiger partial charge is 0.295 e. The highest BCUT2D eigenvalue weighted by Crippen LogP contribution is 2.23. The molecule has 0 aromatic heterocycles. The Morgan fingerprint density at radius 1 is 1.05 bits per heavy atom. The Hall–Kier alpha value is -2.51. The number of non-ortho nitro benzene ring substituents is 1. The lowest BCUT2D eigenvalue weighted by molar-refractivity contribution is -0.384. The van der Waals surface area contributed by atoms with E-state index >= 15 is 0 Å². The first-order valence-electron chi connectivity index (χ1n) is 5.87. The standard InChI is InChI=1S/C14H11NO5S/c16-15(17)13-8-9-14(21(18,19)20)12(10-13)7-6-11-4-2-1-3-5-11/h1-10H,(H,18,19,20)/b7-6+. The lowest BCUT2D eigenvalue weighted by Crippen LogP contribution is -2.01. The van der Waals surface area contributed by atoms with Gasteiger partial charge < -0.3 is 0 Å². The number of nitrogens with zero attached hydrogens (tertiary/aromatic N) is 1. The van der Waals surface area contributed by atoms with E-state index in [1.807, 2.05) is 6.07 Å². The van der Waals surface area contributed by atoms with E-state index < -0.39 is 15.0 Å². The van der Waals surface area contributed by atoms with E-state index in [0.717, 1.165) is 23.8 Å². The minimum absolute atomic E-state index is 0.0514. The van der Waals surface area contributed by atoms with Crippen molar-refractivity contribution in [1.82, 2.24) is 0 Å². The van der Waals surface area contributed by atoms with E-state index in [2.05, 4.69) is 0 Å². The Kier molecular flexibility index (Phi) is 4.15. The molecule has 1 N–H and O–H groups in total. The van der Waals surface area contributed by atoms with Crippen LogP contribution in [0.3, 0.4) is 0 Å². The summed E-state index contributed by atoms with van der Waals surface area (Å²) in [7, 11) is -4.45. The predicted octanol–water partition coefficient (Wildman–Crippen LogP) is 3.01. The lowest BCUT2D eigenvalue weighted by Gasteiger charge is -2.03. The normalized spacial score (nSPS) is 11.7. The Morgan fingerprint density at radius 3 is 2.29 bits per heavy atom. The SMILES string of the molecule is O=[N+]([O-])c1ccc(S(=O)(=O)O)c(/C=C/c2ccccc2)c1. The predicted molar refractivity (Wildman–Crippen MR) is 78.3 cm³/mol. The summed E-state index contributed by atoms with van der Waals surface area (Å²) in [5, 5.41) is 10.8. The van der Waals surface area contributed by atoms with Crippen LogP contribution in [0, 0.1) is 10.1 Å². The van der Waals surface area contributed by atoms with Crippen molar-refractivity contribution in [2.45, 2.75) is 4.90 Å². The zero-order valence-electron chi connectivity index (χ0n) is 10.7. The Morgan fingerprint density at radius 2 is 1.71 bits per heavy atom. The Labute approximate surface area is 121 Å². The molecule has 6 nitrogen and oxygen atoms in total. The summed E-state index contributed by atoms with van der Waals surface area (Å²) in [4.78, 5) is 9.75. The van der Waals surface area contributed by atoms with Crippen LogP contribution in [0.25, 0.3) is 12.2 Å². The number of rotatable bonds is 4. The van der Waals surface area contributed by atoms with Crippen LogP contribution in [0.1, 0.15) is 11.1 Å². The summed E-state index contributed by atoms with van der Waals surface area (Å²) in [5.41, 5.74) is 0.593. The molecule has 0 aliphatic carbocycles. The maximum atomic E-state index is 11.3. The molecule has 7 heteroatoms. The van der Waals surface area contributed by atoms with E-state index in [1.165, 1.54) is 6.08 Å². The van der Waals surface area contributed by atoms with Crippen molar-refractivity contribution >= 4 is 28.0 Å². The van der Waals surface area contributed by atoms with Crippen LogP contribution in [0.2, 0.25) is 0 Å². The highest BCUT2D eigenvalue weighted by Gasteiger charge is 2.17. The molecule has 0 bridgehead atoms. The molecular weight excluding hydrogens is 294 g/mol. The van der Waals surface area contributed by atoms with Gasteiger partial charge in [-0.25, -0.2) is 0 Å². The maximum absolute atomic E-state index is 11.3. The Bertz CT molecular complexity index is 797. The molecule has 0 saturated heterocycles. The van der Waals surface area contributed by atoms with Gasteiger partial charge in [0.05, 0.1) is 4.92 Å². The minimum atomic E-state index is -4.45. The summed E-state index contributed by atoms with van der Waals surface area (Å²) < 4.78 is 31.8. The van der Waals surface area contributed by atoms with Gasteiger partial charge in [-0.3, -0.25) is 14.7 Å². The van der Waals surface area contributed by atoms with Crippen LogP contribution >= 0.6 is 0 Å². The highest BCUT2D eigenvalue weighted by molar-refractivity contribution is 7.85. The molecule has 0 spiro atoms. The van der Waals surface area contributed by atoms with Gasteiger partial charge in [0, 0.05) is 17.7 Å². The smallest absolute Gasteiger partial charge is 0.282 e. The topological polar surface area (TPSA) is 97.5 Å². The van der Waals surface area contributed by atoms with Gasteiger partial charge in [0.2, 0.25) is 0 Å². The molecule has 2 aromatic carbocycles. The van der Waals surface area contributed by atoms with Gasteiger partial charge in [0.1, 0.15) is 4.90 Å². The second-order valence-corrected chi connectivity index (χ2v) is 5.59. The molecule has 0 aliphatic heterocycles. The van der Waals surface area contributed by atoms with E-state index in [4.69, 9.17) is 4.55 Å². The van der Waals surface area contributed by atoms with Crippen LogP contribution < -0.4 is 0 Å². The fourth-order valence-electron chi connectivity index (χ4n) is 1.76. The first-order valence-corrected chi connectivity index (χ1v) is 7.31. The molecule has 108 valence electrons. The second kappa shape index (κ2) is 5.86. The van der Waals surface area contributed by atoms with Crippen molar-refractivity contribution in [3.8, 4) is 0 Å². The molecule has 0 atom stereocenters. The molecule has 2 rings (SSSR count). The van der Waals surface area contributed by atoms with Gasteiger partial charge in [0.15, 0.2) is 0 Å². The summed E-state index contributed by atoms with van der Waals surface area (Å²) in [6.45, 7) is 0. The average molecular weight is 305 g/mol. The number of nitro benzene ring substituents is 1. The van der Waals surface area contributed by atoms with E-state index in [0.29, 0.717) is 0 Å². The zero-order valence-corrected chi connectivity index (χ0v) is 11.5. The average Bonchev–Trinajstić information content (AvgIpc) is 2.45. The van der Waals surface area contributed by atoms with Crippen molar-refractivity contribution in [2.24, 2.45) is 0 Å². The maximum Gasteiger partial charge on any atom is 0.295 e. The molecule has 0 aliphatic rings. The van der Waals surface area contributed by atoms with Crippen LogP contribution in [-0.4, -0.2) is 17.9 Å². The third-order valence-electron chi connectivity index (χ3n) is 2.74. The molecule has 0 heterocycles. The van der Waals surface area contributed by atoms with Crippen LogP contribution in [0.5, 0.6) is 0 Å². The van der Waals surface area contributed by atoms with Gasteiger partial charge in [-0.1, -0.05) is 42.5 Å². The fraction of sp³-hybridized carbons (Fsp3) is 0. The van der Waals surface area contributed by atoms with E-state index in [9.17, 15) is 18.5 Å². The van der Waals surface area contributed by atoms with Crippen LogP contribution in [0.15, 0.2) is 53.4 Å². The molecule has 0 radical (unpaired) electrons. The first-order chi connectivity index (χ1) is 9.88. The van der Waals surface area contributed by atoms with Gasteiger partial charge in [-0.05, 0) is 11.6 Å². The number of hydrogen-bond acceptors (Lipinski definition) is 4. The minimum Gasteiger partial charge on any atom is -0.282 e. The summed E-state index contributed by atoms with van der Waals surface area (Å²) >= 11 is 0. The molecule has 21 heavy (non-hydrogen) atoms. The molecule has 0 amide bonds. The van der Waals surface area contributed by atoms with Crippen LogP contribution in [-0.2, 0) is 10.1 Å². The van der Waals surface area contributed by atoms with Crippen molar-refractivity contribution in [3.63, 3.8) is 0 Å². The van der Waals surface area contributed by atoms with Gasteiger partial charge in [-0.15, -0.1) is 0 Å². The lowest BCUT2D eigenvalue weighted by atomic mass is 10.1. The second-order valence-electron chi connectivity index (χ2n) is 4.20. The molecular formula is C14H11NO5S. The van der Waals surface area contributed by atoms with Crippen molar-refractivity contribution in [1.29, 1.82) is 0 Å².